The highest BCUT2D eigenvalue weighted by Crippen LogP contribution is 2.28. The van der Waals surface area contributed by atoms with Crippen LogP contribution in [-0.2, 0) is 6.42 Å². The molecular weight excluding hydrogens is 330 g/mol. The van der Waals surface area contributed by atoms with E-state index in [4.69, 9.17) is 9.97 Å². The van der Waals surface area contributed by atoms with Crippen molar-refractivity contribution in [3.05, 3.63) is 18.0 Å². The summed E-state index contributed by atoms with van der Waals surface area (Å²) < 4.78 is 0. The van der Waals surface area contributed by atoms with Crippen molar-refractivity contribution >= 4 is 5.95 Å². The smallest absolute Gasteiger partial charge is 0.225 e. The van der Waals surface area contributed by atoms with Crippen LogP contribution in [0, 0.1) is 5.41 Å². The molecule has 1 aromatic heterocycles. The molecule has 0 aliphatic carbocycles. The predicted octanol–water partition coefficient (Wildman–Crippen LogP) is 7.20. The van der Waals surface area contributed by atoms with Crippen LogP contribution in [0.25, 0.3) is 0 Å². The van der Waals surface area contributed by atoms with E-state index in [9.17, 15) is 0 Å². The van der Waals surface area contributed by atoms with E-state index in [1.54, 1.807) is 0 Å². The number of hydrogen-bond acceptors (Lipinski definition) is 3. The fourth-order valence-corrected chi connectivity index (χ4v) is 3.39. The standard InChI is InChI=1S/C24H45N3/c1-7-11-14-21-19-25-23(26-20-21)27(18-17-24(5,6)10-4)22(15-12-8-2)16-13-9-3/h19-20,22H,7-18H2,1-6H3. The molecule has 1 heterocycles. The lowest BCUT2D eigenvalue weighted by molar-refractivity contribution is 0.315. The number of nitrogens with zero attached hydrogens (tertiary/aromatic N) is 3. The third kappa shape index (κ3) is 9.08. The van der Waals surface area contributed by atoms with Crippen molar-refractivity contribution in [3.63, 3.8) is 0 Å². The van der Waals surface area contributed by atoms with E-state index >= 15 is 0 Å². The Hall–Kier alpha value is -1.12. The van der Waals surface area contributed by atoms with Crippen LogP contribution in [0.2, 0.25) is 0 Å². The molecule has 0 saturated heterocycles. The minimum atomic E-state index is 0.374. The number of anilines is 1. The van der Waals surface area contributed by atoms with Crippen molar-refractivity contribution in [3.8, 4) is 0 Å². The number of aromatic nitrogens is 2. The molecule has 3 heteroatoms. The summed E-state index contributed by atoms with van der Waals surface area (Å²) >= 11 is 0. The summed E-state index contributed by atoms with van der Waals surface area (Å²) in [7, 11) is 0. The Morgan fingerprint density at radius 3 is 1.93 bits per heavy atom. The second-order valence-corrected chi connectivity index (χ2v) is 8.89. The number of unbranched alkanes of at least 4 members (excludes halogenated alkanes) is 3. The molecule has 156 valence electrons. The molecule has 0 aliphatic rings. The van der Waals surface area contributed by atoms with E-state index in [1.807, 2.05) is 0 Å². The molecule has 0 fully saturated rings. The van der Waals surface area contributed by atoms with Gasteiger partial charge in [-0.05, 0) is 43.1 Å². The zero-order valence-corrected chi connectivity index (χ0v) is 19.1. The molecule has 0 radical (unpaired) electrons. The SMILES string of the molecule is CCCCc1cnc(N(CCC(C)(C)CC)C(CCCC)CCCC)nc1. The van der Waals surface area contributed by atoms with E-state index in [0.29, 0.717) is 11.5 Å². The molecule has 0 N–H and O–H groups in total. The maximum Gasteiger partial charge on any atom is 0.225 e. The zero-order chi connectivity index (χ0) is 20.1. The van der Waals surface area contributed by atoms with E-state index < -0.39 is 0 Å². The largest absolute Gasteiger partial charge is 0.338 e. The number of hydrogen-bond donors (Lipinski definition) is 0. The normalized spacial score (nSPS) is 12.0. The molecule has 3 nitrogen and oxygen atoms in total. The third-order valence-corrected chi connectivity index (χ3v) is 5.98. The third-order valence-electron chi connectivity index (χ3n) is 5.98. The fourth-order valence-electron chi connectivity index (χ4n) is 3.39. The molecule has 1 rings (SSSR count). The van der Waals surface area contributed by atoms with Crippen LogP contribution in [0.3, 0.4) is 0 Å². The summed E-state index contributed by atoms with van der Waals surface area (Å²) in [6.45, 7) is 14.9. The summed E-state index contributed by atoms with van der Waals surface area (Å²) in [5.74, 6) is 0.944. The van der Waals surface area contributed by atoms with Crippen molar-refractivity contribution in [1.82, 2.24) is 9.97 Å². The fraction of sp³-hybridized carbons (Fsp3) is 0.833. The van der Waals surface area contributed by atoms with Gasteiger partial charge < -0.3 is 4.90 Å². The average Bonchev–Trinajstić information content (AvgIpc) is 2.68. The lowest BCUT2D eigenvalue weighted by Crippen LogP contribution is -2.39. The first-order chi connectivity index (χ1) is 13.0. The monoisotopic (exact) mass is 375 g/mol. The van der Waals surface area contributed by atoms with Gasteiger partial charge >= 0.3 is 0 Å². The van der Waals surface area contributed by atoms with Gasteiger partial charge in [0.25, 0.3) is 0 Å². The Bertz CT molecular complexity index is 473. The summed E-state index contributed by atoms with van der Waals surface area (Å²) in [4.78, 5) is 12.2. The molecule has 0 atom stereocenters. The Morgan fingerprint density at radius 1 is 0.889 bits per heavy atom. The van der Waals surface area contributed by atoms with Crippen molar-refractivity contribution < 1.29 is 0 Å². The van der Waals surface area contributed by atoms with E-state index in [-0.39, 0.29) is 0 Å². The number of aryl methyl sites for hydroxylation is 1. The second-order valence-electron chi connectivity index (χ2n) is 8.89. The molecule has 0 amide bonds. The van der Waals surface area contributed by atoms with Crippen LogP contribution in [0.15, 0.2) is 12.4 Å². The van der Waals surface area contributed by atoms with Gasteiger partial charge in [-0.15, -0.1) is 0 Å². The van der Waals surface area contributed by atoms with Crippen molar-refractivity contribution in [1.29, 1.82) is 0 Å². The van der Waals surface area contributed by atoms with Gasteiger partial charge in [-0.3, -0.25) is 0 Å². The van der Waals surface area contributed by atoms with Gasteiger partial charge in [0.05, 0.1) is 0 Å². The average molecular weight is 376 g/mol. The maximum atomic E-state index is 4.81. The van der Waals surface area contributed by atoms with Crippen LogP contribution in [-0.4, -0.2) is 22.6 Å². The lowest BCUT2D eigenvalue weighted by Gasteiger charge is -2.35. The quantitative estimate of drug-likeness (QED) is 0.324. The van der Waals surface area contributed by atoms with Gasteiger partial charge in [-0.2, -0.15) is 0 Å². The summed E-state index contributed by atoms with van der Waals surface area (Å²) in [5.41, 5.74) is 1.65. The van der Waals surface area contributed by atoms with E-state index in [1.165, 1.54) is 69.8 Å². The minimum absolute atomic E-state index is 0.374. The van der Waals surface area contributed by atoms with Gasteiger partial charge in [0.1, 0.15) is 0 Å². The van der Waals surface area contributed by atoms with Gasteiger partial charge in [0, 0.05) is 25.0 Å². The van der Waals surface area contributed by atoms with E-state index in [0.717, 1.165) is 18.9 Å². The van der Waals surface area contributed by atoms with Crippen LogP contribution < -0.4 is 4.90 Å². The van der Waals surface area contributed by atoms with Crippen LogP contribution in [0.4, 0.5) is 5.95 Å². The summed E-state index contributed by atoms with van der Waals surface area (Å²) in [6, 6.07) is 0.569. The first-order valence-electron chi connectivity index (χ1n) is 11.5. The second kappa shape index (κ2) is 13.1. The van der Waals surface area contributed by atoms with Gasteiger partial charge in [0.2, 0.25) is 5.95 Å². The van der Waals surface area contributed by atoms with Gasteiger partial charge in [-0.25, -0.2) is 9.97 Å². The van der Waals surface area contributed by atoms with Crippen LogP contribution >= 0.6 is 0 Å². The highest BCUT2D eigenvalue weighted by atomic mass is 15.3. The lowest BCUT2D eigenvalue weighted by atomic mass is 9.86. The van der Waals surface area contributed by atoms with Crippen molar-refractivity contribution in [2.45, 2.75) is 118 Å². The molecular formula is C24H45N3. The highest BCUT2D eigenvalue weighted by molar-refractivity contribution is 5.32. The topological polar surface area (TPSA) is 29.0 Å². The number of rotatable bonds is 15. The van der Waals surface area contributed by atoms with Gasteiger partial charge in [-0.1, -0.05) is 80.1 Å². The molecule has 0 saturated carbocycles. The maximum absolute atomic E-state index is 4.81. The highest BCUT2D eigenvalue weighted by Gasteiger charge is 2.24. The Morgan fingerprint density at radius 2 is 1.44 bits per heavy atom. The van der Waals surface area contributed by atoms with Crippen molar-refractivity contribution in [2.75, 3.05) is 11.4 Å². The van der Waals surface area contributed by atoms with Crippen LogP contribution in [0.5, 0.6) is 0 Å². The zero-order valence-electron chi connectivity index (χ0n) is 19.1. The van der Waals surface area contributed by atoms with Crippen LogP contribution in [0.1, 0.15) is 111 Å². The molecule has 1 aromatic rings. The van der Waals surface area contributed by atoms with Gasteiger partial charge in [0.15, 0.2) is 0 Å². The Labute approximate surface area is 169 Å². The minimum Gasteiger partial charge on any atom is -0.338 e. The summed E-state index contributed by atoms with van der Waals surface area (Å²) in [5, 5.41) is 0. The predicted molar refractivity (Wildman–Crippen MR) is 120 cm³/mol. The summed E-state index contributed by atoms with van der Waals surface area (Å²) in [6.07, 6.45) is 17.7. The Balaban J connectivity index is 2.98. The molecule has 0 aliphatic heterocycles. The Kier molecular flexibility index (Phi) is 11.6. The van der Waals surface area contributed by atoms with E-state index in [2.05, 4.69) is 58.8 Å². The molecule has 0 aromatic carbocycles. The molecule has 0 unspecified atom stereocenters. The molecule has 0 spiro atoms. The first-order valence-corrected chi connectivity index (χ1v) is 11.5. The molecule has 0 bridgehead atoms. The molecule has 27 heavy (non-hydrogen) atoms. The van der Waals surface area contributed by atoms with Crippen molar-refractivity contribution in [2.24, 2.45) is 5.41 Å². The first kappa shape index (κ1) is 23.9.